The van der Waals surface area contributed by atoms with Crippen LogP contribution in [0.15, 0.2) is 200 Å². The van der Waals surface area contributed by atoms with E-state index in [4.69, 9.17) is 15.0 Å². The van der Waals surface area contributed by atoms with Crippen molar-refractivity contribution in [3.8, 4) is 73.6 Å². The SMILES string of the molecule is C[Si](C)(C)c1ccc(-c2ccccc2-c2nc(-c3ccc(C#N)cc3)nc(-c3cccc(-c4ccc5c(c4)C(c4ccccc4)(c4ccccc4)c4ccccc4-5)c3)n2)cc1. The lowest BCUT2D eigenvalue weighted by molar-refractivity contribution is 0.769. The Labute approximate surface area is 358 Å². The molecule has 5 heteroatoms. The molecule has 0 unspecified atom stereocenters. The second kappa shape index (κ2) is 15.3. The van der Waals surface area contributed by atoms with Crippen LogP contribution in [0.25, 0.3) is 67.5 Å². The summed E-state index contributed by atoms with van der Waals surface area (Å²) in [6.07, 6.45) is 0. The van der Waals surface area contributed by atoms with Crippen LogP contribution in [0.4, 0.5) is 0 Å². The van der Waals surface area contributed by atoms with E-state index in [0.29, 0.717) is 23.0 Å². The van der Waals surface area contributed by atoms with Gasteiger partial charge in [-0.1, -0.05) is 189 Å². The minimum Gasteiger partial charge on any atom is -0.208 e. The molecule has 0 fully saturated rings. The average Bonchev–Trinajstić information content (AvgIpc) is 3.62. The van der Waals surface area contributed by atoms with Crippen LogP contribution < -0.4 is 5.19 Å². The first-order valence-electron chi connectivity index (χ1n) is 20.7. The Morgan fingerprint density at radius 2 is 0.902 bits per heavy atom. The van der Waals surface area contributed by atoms with Crippen LogP contribution in [0.1, 0.15) is 27.8 Å². The van der Waals surface area contributed by atoms with Crippen LogP contribution in [0.3, 0.4) is 0 Å². The molecule has 4 nitrogen and oxygen atoms in total. The standard InChI is InChI=1S/C56H42N4Si/c1-61(2,3)46-32-29-39(30-33-46)47-21-10-11-23-50(47)55-59-53(40-27-25-38(37-57)26-28-40)58-54(60-55)43-16-14-15-41(35-43)42-31-34-49-48-22-12-13-24-51(48)56(52(49)36-42,44-17-6-4-7-18-44)45-19-8-5-9-20-45/h4-36H,1-3H3. The molecule has 0 N–H and O–H groups in total. The molecule has 1 aromatic heterocycles. The van der Waals surface area contributed by atoms with E-state index in [2.05, 4.69) is 196 Å². The summed E-state index contributed by atoms with van der Waals surface area (Å²) in [4.78, 5) is 15.5. The van der Waals surface area contributed by atoms with Crippen molar-refractivity contribution < 1.29 is 0 Å². The predicted molar refractivity (Wildman–Crippen MR) is 252 cm³/mol. The fourth-order valence-electron chi connectivity index (χ4n) is 8.99. The number of nitriles is 1. The molecule has 0 saturated heterocycles. The van der Waals surface area contributed by atoms with E-state index in [1.165, 1.54) is 38.6 Å². The van der Waals surface area contributed by atoms with E-state index in [0.717, 1.165) is 38.9 Å². The first-order chi connectivity index (χ1) is 29.8. The van der Waals surface area contributed by atoms with Crippen molar-refractivity contribution in [1.29, 1.82) is 5.26 Å². The molecule has 0 atom stereocenters. The summed E-state index contributed by atoms with van der Waals surface area (Å²) >= 11 is 0. The van der Waals surface area contributed by atoms with E-state index in [9.17, 15) is 5.26 Å². The summed E-state index contributed by atoms with van der Waals surface area (Å²) in [7, 11) is -1.47. The first-order valence-corrected chi connectivity index (χ1v) is 24.2. The van der Waals surface area contributed by atoms with Crippen molar-refractivity contribution in [3.63, 3.8) is 0 Å². The van der Waals surface area contributed by atoms with Gasteiger partial charge < -0.3 is 0 Å². The number of aromatic nitrogens is 3. The van der Waals surface area contributed by atoms with Crippen molar-refractivity contribution in [3.05, 3.63) is 228 Å². The number of fused-ring (bicyclic) bond motifs is 3. The zero-order valence-electron chi connectivity index (χ0n) is 34.3. The molecule has 0 amide bonds. The molecule has 1 aliphatic rings. The second-order valence-electron chi connectivity index (χ2n) is 16.7. The van der Waals surface area contributed by atoms with E-state index >= 15 is 0 Å². The van der Waals surface area contributed by atoms with Gasteiger partial charge in [-0.15, -0.1) is 0 Å². The van der Waals surface area contributed by atoms with Gasteiger partial charge in [0.05, 0.1) is 25.1 Å². The fraction of sp³-hybridized carbons (Fsp3) is 0.0714. The number of hydrogen-bond donors (Lipinski definition) is 0. The van der Waals surface area contributed by atoms with Crippen molar-refractivity contribution in [1.82, 2.24) is 15.0 Å². The van der Waals surface area contributed by atoms with Gasteiger partial charge in [-0.25, -0.2) is 15.0 Å². The number of benzene rings is 8. The largest absolute Gasteiger partial charge is 0.208 e. The van der Waals surface area contributed by atoms with E-state index < -0.39 is 13.5 Å². The lowest BCUT2D eigenvalue weighted by Gasteiger charge is -2.34. The topological polar surface area (TPSA) is 62.5 Å². The smallest absolute Gasteiger partial charge is 0.164 e. The second-order valence-corrected chi connectivity index (χ2v) is 21.8. The molecule has 0 aliphatic heterocycles. The molecule has 61 heavy (non-hydrogen) atoms. The zero-order valence-corrected chi connectivity index (χ0v) is 35.3. The lowest BCUT2D eigenvalue weighted by Crippen LogP contribution is -2.37. The Kier molecular flexibility index (Phi) is 9.43. The third kappa shape index (κ3) is 6.68. The van der Waals surface area contributed by atoms with Crippen molar-refractivity contribution in [2.75, 3.05) is 0 Å². The summed E-state index contributed by atoms with van der Waals surface area (Å²) in [5.74, 6) is 1.71. The van der Waals surface area contributed by atoms with Crippen LogP contribution in [0.2, 0.25) is 19.6 Å². The number of hydrogen-bond acceptors (Lipinski definition) is 4. The molecule has 290 valence electrons. The third-order valence-corrected chi connectivity index (χ3v) is 14.1. The van der Waals surface area contributed by atoms with Crippen LogP contribution in [-0.4, -0.2) is 23.0 Å². The highest BCUT2D eigenvalue weighted by atomic mass is 28.3. The van der Waals surface area contributed by atoms with Gasteiger partial charge in [0.25, 0.3) is 0 Å². The molecule has 8 aromatic carbocycles. The molecule has 1 aliphatic carbocycles. The summed E-state index contributed by atoms with van der Waals surface area (Å²) in [5.41, 5.74) is 14.6. The maximum atomic E-state index is 9.56. The molecule has 0 radical (unpaired) electrons. The number of nitrogens with zero attached hydrogens (tertiary/aromatic N) is 4. The van der Waals surface area contributed by atoms with Crippen molar-refractivity contribution >= 4 is 13.3 Å². The maximum absolute atomic E-state index is 9.56. The van der Waals surface area contributed by atoms with E-state index in [1.54, 1.807) is 0 Å². The maximum Gasteiger partial charge on any atom is 0.164 e. The minimum atomic E-state index is -1.47. The highest BCUT2D eigenvalue weighted by Crippen LogP contribution is 2.56. The third-order valence-electron chi connectivity index (χ3n) is 12.1. The Morgan fingerprint density at radius 3 is 1.56 bits per heavy atom. The molecule has 0 spiro atoms. The Balaban J connectivity index is 1.13. The van der Waals surface area contributed by atoms with E-state index in [1.807, 2.05) is 30.3 Å². The monoisotopic (exact) mass is 798 g/mol. The Bertz CT molecular complexity index is 3070. The zero-order chi connectivity index (χ0) is 41.6. The van der Waals surface area contributed by atoms with Gasteiger partial charge in [-0.2, -0.15) is 5.26 Å². The van der Waals surface area contributed by atoms with Crippen molar-refractivity contribution in [2.45, 2.75) is 25.1 Å². The van der Waals surface area contributed by atoms with Crippen LogP contribution in [-0.2, 0) is 5.41 Å². The first kappa shape index (κ1) is 37.7. The molecular formula is C56H42N4Si. The fourth-order valence-corrected chi connectivity index (χ4v) is 10.2. The Hall–Kier alpha value is -7.52. The van der Waals surface area contributed by atoms with Gasteiger partial charge in [0.2, 0.25) is 0 Å². The molecular weight excluding hydrogens is 757 g/mol. The normalized spacial score (nSPS) is 12.6. The van der Waals surface area contributed by atoms with Crippen LogP contribution in [0, 0.1) is 11.3 Å². The van der Waals surface area contributed by atoms with Crippen molar-refractivity contribution in [2.24, 2.45) is 0 Å². The molecule has 0 bridgehead atoms. The predicted octanol–water partition coefficient (Wildman–Crippen LogP) is 13.0. The van der Waals surface area contributed by atoms with E-state index in [-0.39, 0.29) is 0 Å². The van der Waals surface area contributed by atoms with Crippen LogP contribution in [0.5, 0.6) is 0 Å². The summed E-state index contributed by atoms with van der Waals surface area (Å²) < 4.78 is 0. The quantitative estimate of drug-likeness (QED) is 0.144. The van der Waals surface area contributed by atoms with Gasteiger partial charge in [0.15, 0.2) is 17.5 Å². The van der Waals surface area contributed by atoms with Gasteiger partial charge in [-0.05, 0) is 92.0 Å². The van der Waals surface area contributed by atoms with Gasteiger partial charge >= 0.3 is 0 Å². The minimum absolute atomic E-state index is 0.496. The van der Waals surface area contributed by atoms with Gasteiger partial charge in [-0.3, -0.25) is 0 Å². The molecule has 10 rings (SSSR count). The Morgan fingerprint density at radius 1 is 0.393 bits per heavy atom. The summed E-state index contributed by atoms with van der Waals surface area (Å²) in [5, 5.41) is 11.0. The highest BCUT2D eigenvalue weighted by Gasteiger charge is 2.46. The molecule has 1 heterocycles. The molecule has 0 saturated carbocycles. The number of rotatable bonds is 8. The lowest BCUT2D eigenvalue weighted by atomic mass is 9.67. The average molecular weight is 799 g/mol. The summed E-state index contributed by atoms with van der Waals surface area (Å²) in [6, 6.07) is 73.1. The van der Waals surface area contributed by atoms with Crippen LogP contribution >= 0.6 is 0 Å². The molecule has 9 aromatic rings. The van der Waals surface area contributed by atoms with Gasteiger partial charge in [0.1, 0.15) is 0 Å². The highest BCUT2D eigenvalue weighted by molar-refractivity contribution is 6.88. The summed E-state index contributed by atoms with van der Waals surface area (Å²) in [6.45, 7) is 7.11. The van der Waals surface area contributed by atoms with Gasteiger partial charge in [0, 0.05) is 16.7 Å².